The molecule has 1 N–H and O–H groups in total. The highest BCUT2D eigenvalue weighted by molar-refractivity contribution is 7.18. The number of rotatable bonds is 6. The normalized spacial score (nSPS) is 11.6. The van der Waals surface area contributed by atoms with E-state index in [1.54, 1.807) is 33.2 Å². The lowest BCUT2D eigenvalue weighted by molar-refractivity contribution is -0.122. The van der Waals surface area contributed by atoms with Crippen molar-refractivity contribution >= 4 is 57.3 Å². The van der Waals surface area contributed by atoms with Gasteiger partial charge in [0.1, 0.15) is 10.8 Å². The second-order valence-electron chi connectivity index (χ2n) is 6.28. The van der Waals surface area contributed by atoms with Crippen LogP contribution in [0.4, 0.5) is 5.00 Å². The molecule has 0 bridgehead atoms. The first-order valence-corrected chi connectivity index (χ1v) is 10.00. The Morgan fingerprint density at radius 2 is 1.86 bits per heavy atom. The Morgan fingerprint density at radius 3 is 2.41 bits per heavy atom. The number of esters is 1. The van der Waals surface area contributed by atoms with Crippen LogP contribution in [0, 0.1) is 6.92 Å². The molecule has 29 heavy (non-hydrogen) atoms. The number of nitrogens with zero attached hydrogens (tertiary/aromatic N) is 1. The Hall–Kier alpha value is -2.29. The van der Waals surface area contributed by atoms with Crippen LogP contribution in [0.1, 0.15) is 32.5 Å². The molecule has 1 atom stereocenters. The van der Waals surface area contributed by atoms with Gasteiger partial charge in [0.2, 0.25) is 0 Å². The second-order valence-corrected chi connectivity index (χ2v) is 8.14. The van der Waals surface area contributed by atoms with Gasteiger partial charge in [-0.15, -0.1) is 11.3 Å². The van der Waals surface area contributed by atoms with Gasteiger partial charge >= 0.3 is 5.97 Å². The molecule has 1 unspecified atom stereocenters. The van der Waals surface area contributed by atoms with Gasteiger partial charge in [-0.2, -0.15) is 0 Å². The molecule has 2 aromatic rings. The Bertz CT molecular complexity index is 958. The number of methoxy groups -OCH3 is 1. The van der Waals surface area contributed by atoms with Gasteiger partial charge in [0.25, 0.3) is 11.8 Å². The molecular formula is C19H20Cl2N2O5S. The lowest BCUT2D eigenvalue weighted by Gasteiger charge is -2.15. The zero-order valence-electron chi connectivity index (χ0n) is 16.5. The number of carbonyl (C=O) groups is 3. The number of carbonyl (C=O) groups excluding carboxylic acids is 3. The van der Waals surface area contributed by atoms with Gasteiger partial charge in [0.15, 0.2) is 6.10 Å². The fraction of sp³-hybridized carbons (Fsp3) is 0.316. The third-order valence-electron chi connectivity index (χ3n) is 3.94. The molecular weight excluding hydrogens is 439 g/mol. The van der Waals surface area contributed by atoms with Gasteiger partial charge in [-0.3, -0.25) is 9.59 Å². The maximum atomic E-state index is 12.6. The summed E-state index contributed by atoms with van der Waals surface area (Å²) >= 11 is 12.9. The highest BCUT2D eigenvalue weighted by Gasteiger charge is 2.28. The van der Waals surface area contributed by atoms with Crippen LogP contribution in [0.3, 0.4) is 0 Å². The van der Waals surface area contributed by atoms with Crippen LogP contribution < -0.4 is 10.1 Å². The minimum absolute atomic E-state index is 0.132. The number of amides is 2. The summed E-state index contributed by atoms with van der Waals surface area (Å²) in [4.78, 5) is 39.0. The van der Waals surface area contributed by atoms with E-state index in [0.29, 0.717) is 15.5 Å². The number of thiophene rings is 1. The van der Waals surface area contributed by atoms with Gasteiger partial charge in [-0.1, -0.05) is 23.2 Å². The van der Waals surface area contributed by atoms with Crippen molar-refractivity contribution in [1.82, 2.24) is 4.90 Å². The third-order valence-corrected chi connectivity index (χ3v) is 5.67. The summed E-state index contributed by atoms with van der Waals surface area (Å²) in [6.07, 6.45) is -0.936. The molecule has 0 saturated carbocycles. The van der Waals surface area contributed by atoms with Crippen LogP contribution in [0.5, 0.6) is 5.75 Å². The second kappa shape index (κ2) is 9.47. The Kier molecular flexibility index (Phi) is 7.51. The van der Waals surface area contributed by atoms with Crippen LogP contribution in [-0.4, -0.2) is 50.0 Å². The molecule has 0 spiro atoms. The molecule has 1 aromatic heterocycles. The number of nitrogens with one attached hydrogen (secondary N) is 1. The molecule has 7 nitrogen and oxygen atoms in total. The summed E-state index contributed by atoms with van der Waals surface area (Å²) < 4.78 is 10.4. The molecule has 0 fully saturated rings. The lowest BCUT2D eigenvalue weighted by Crippen LogP contribution is -2.30. The molecule has 0 aliphatic rings. The molecule has 0 saturated heterocycles. The molecule has 0 aliphatic heterocycles. The lowest BCUT2D eigenvalue weighted by atomic mass is 10.1. The minimum atomic E-state index is -0.936. The van der Waals surface area contributed by atoms with Crippen LogP contribution in [0.15, 0.2) is 18.2 Å². The van der Waals surface area contributed by atoms with Crippen molar-refractivity contribution in [3.8, 4) is 5.75 Å². The first-order valence-electron chi connectivity index (χ1n) is 8.42. The van der Waals surface area contributed by atoms with Crippen LogP contribution in [0.2, 0.25) is 10.0 Å². The van der Waals surface area contributed by atoms with Crippen LogP contribution in [0.25, 0.3) is 0 Å². The molecule has 10 heteroatoms. The molecule has 156 valence electrons. The number of benzene rings is 1. The summed E-state index contributed by atoms with van der Waals surface area (Å²) in [5.74, 6) is -1.17. The van der Waals surface area contributed by atoms with Crippen molar-refractivity contribution in [3.05, 3.63) is 44.2 Å². The monoisotopic (exact) mass is 458 g/mol. The van der Waals surface area contributed by atoms with Crippen molar-refractivity contribution in [1.29, 1.82) is 0 Å². The molecule has 2 rings (SSSR count). The maximum Gasteiger partial charge on any atom is 0.341 e. The van der Waals surface area contributed by atoms with Gasteiger partial charge < -0.3 is 19.7 Å². The first kappa shape index (κ1) is 23.0. The highest BCUT2D eigenvalue weighted by Crippen LogP contribution is 2.35. The number of hydrogen-bond donors (Lipinski definition) is 1. The van der Waals surface area contributed by atoms with Crippen molar-refractivity contribution in [3.63, 3.8) is 0 Å². The highest BCUT2D eigenvalue weighted by atomic mass is 35.5. The average Bonchev–Trinajstić information content (AvgIpc) is 2.98. The van der Waals surface area contributed by atoms with Gasteiger partial charge in [0.05, 0.1) is 22.6 Å². The summed E-state index contributed by atoms with van der Waals surface area (Å²) in [5, 5.41) is 3.56. The van der Waals surface area contributed by atoms with Gasteiger partial charge in [0, 0.05) is 19.1 Å². The standard InChI is InChI=1S/C19H20Cl2N2O5S/c1-9-14(19(26)27-5)17(29-15(9)18(25)23(3)4)22-16(24)10(2)28-13-7-6-11(20)8-12(13)21/h6-8,10H,1-5H3,(H,22,24). The number of ether oxygens (including phenoxy) is 2. The Morgan fingerprint density at radius 1 is 1.21 bits per heavy atom. The maximum absolute atomic E-state index is 12.6. The first-order chi connectivity index (χ1) is 13.6. The third kappa shape index (κ3) is 5.20. The van der Waals surface area contributed by atoms with E-state index in [1.807, 2.05) is 0 Å². The minimum Gasteiger partial charge on any atom is -0.479 e. The van der Waals surface area contributed by atoms with Gasteiger partial charge in [-0.25, -0.2) is 4.79 Å². The summed E-state index contributed by atoms with van der Waals surface area (Å²) in [6.45, 7) is 3.16. The molecule has 1 aromatic carbocycles. The Balaban J connectivity index is 2.29. The summed E-state index contributed by atoms with van der Waals surface area (Å²) in [6, 6.07) is 4.64. The SMILES string of the molecule is COC(=O)c1c(NC(=O)C(C)Oc2ccc(Cl)cc2Cl)sc(C(=O)N(C)C)c1C. The zero-order chi connectivity index (χ0) is 21.9. The molecule has 2 amide bonds. The van der Waals surface area contributed by atoms with E-state index in [4.69, 9.17) is 32.7 Å². The van der Waals surface area contributed by atoms with Gasteiger partial charge in [-0.05, 0) is 37.6 Å². The topological polar surface area (TPSA) is 84.9 Å². The van der Waals surface area contributed by atoms with E-state index in [-0.39, 0.29) is 27.2 Å². The van der Waals surface area contributed by atoms with Crippen LogP contribution in [-0.2, 0) is 9.53 Å². The van der Waals surface area contributed by atoms with E-state index >= 15 is 0 Å². The summed E-state index contributed by atoms with van der Waals surface area (Å²) in [5.41, 5.74) is 0.568. The average molecular weight is 459 g/mol. The van der Waals surface area contributed by atoms with E-state index < -0.39 is 18.0 Å². The zero-order valence-corrected chi connectivity index (χ0v) is 18.8. The van der Waals surface area contributed by atoms with Crippen molar-refractivity contribution in [2.45, 2.75) is 20.0 Å². The fourth-order valence-corrected chi connectivity index (χ4v) is 4.06. The van der Waals surface area contributed by atoms with E-state index in [2.05, 4.69) is 5.32 Å². The van der Waals surface area contributed by atoms with E-state index in [1.165, 1.54) is 25.0 Å². The predicted octanol–water partition coefficient (Wildman–Crippen LogP) is 4.26. The largest absolute Gasteiger partial charge is 0.479 e. The predicted molar refractivity (Wildman–Crippen MR) is 114 cm³/mol. The number of halogens is 2. The van der Waals surface area contributed by atoms with Crippen LogP contribution >= 0.6 is 34.5 Å². The molecule has 0 aliphatic carbocycles. The smallest absolute Gasteiger partial charge is 0.341 e. The van der Waals surface area contributed by atoms with E-state index in [9.17, 15) is 14.4 Å². The number of hydrogen-bond acceptors (Lipinski definition) is 6. The molecule has 0 radical (unpaired) electrons. The van der Waals surface area contributed by atoms with Crippen molar-refractivity contribution in [2.75, 3.05) is 26.5 Å². The fourth-order valence-electron chi connectivity index (χ4n) is 2.38. The van der Waals surface area contributed by atoms with Crippen molar-refractivity contribution in [2.24, 2.45) is 0 Å². The van der Waals surface area contributed by atoms with E-state index in [0.717, 1.165) is 11.3 Å². The number of anilines is 1. The quantitative estimate of drug-likeness (QED) is 0.653. The molecule has 1 heterocycles. The summed E-state index contributed by atoms with van der Waals surface area (Å²) in [7, 11) is 4.43. The van der Waals surface area contributed by atoms with Crippen molar-refractivity contribution < 1.29 is 23.9 Å². The Labute approximate surface area is 182 Å².